The van der Waals surface area contributed by atoms with Gasteiger partial charge in [-0.2, -0.15) is 10.3 Å². The molecule has 0 spiro atoms. The molecule has 7 heteroatoms. The zero-order chi connectivity index (χ0) is 18.8. The summed E-state index contributed by atoms with van der Waals surface area (Å²) in [5, 5.41) is 19.6. The third-order valence-electron chi connectivity index (χ3n) is 5.77. The van der Waals surface area contributed by atoms with Crippen LogP contribution >= 0.6 is 0 Å². The summed E-state index contributed by atoms with van der Waals surface area (Å²) in [4.78, 5) is 5.22. The summed E-state index contributed by atoms with van der Waals surface area (Å²) in [6.07, 6.45) is 9.66. The van der Waals surface area contributed by atoms with Crippen LogP contribution in [0.3, 0.4) is 0 Å². The van der Waals surface area contributed by atoms with Gasteiger partial charge in [-0.15, -0.1) is 10.2 Å². The van der Waals surface area contributed by atoms with E-state index >= 15 is 0 Å². The number of pyridine rings is 1. The van der Waals surface area contributed by atoms with Crippen molar-refractivity contribution in [1.29, 1.82) is 0 Å². The molecule has 3 aromatic rings. The maximum absolute atomic E-state index is 5.22. The van der Waals surface area contributed by atoms with Crippen molar-refractivity contribution >= 4 is 0 Å². The number of aromatic nitrogens is 7. The first-order valence-corrected chi connectivity index (χ1v) is 10.0. The summed E-state index contributed by atoms with van der Waals surface area (Å²) in [6, 6.07) is 2.08. The van der Waals surface area contributed by atoms with Crippen LogP contribution in [0, 0.1) is 0 Å². The van der Waals surface area contributed by atoms with Gasteiger partial charge in [0.15, 0.2) is 0 Å². The van der Waals surface area contributed by atoms with Gasteiger partial charge in [0, 0.05) is 30.4 Å². The maximum Gasteiger partial charge on any atom is 0.207 e. The number of hydrogen-bond donors (Lipinski definition) is 1. The molecule has 4 rings (SSSR count). The summed E-state index contributed by atoms with van der Waals surface area (Å²) in [7, 11) is 2.00. The molecule has 0 amide bonds. The van der Waals surface area contributed by atoms with Crippen LogP contribution in [-0.2, 0) is 19.9 Å². The molecule has 0 bridgehead atoms. The summed E-state index contributed by atoms with van der Waals surface area (Å²) in [6.45, 7) is 4.45. The van der Waals surface area contributed by atoms with Crippen LogP contribution in [0.25, 0.3) is 22.6 Å². The third-order valence-corrected chi connectivity index (χ3v) is 5.77. The number of aromatic amines is 1. The Balaban J connectivity index is 2.09. The fourth-order valence-electron chi connectivity index (χ4n) is 4.31. The summed E-state index contributed by atoms with van der Waals surface area (Å²) < 4.78 is 1.95. The predicted octanol–water partition coefficient (Wildman–Crippen LogP) is 3.83. The average molecular weight is 365 g/mol. The van der Waals surface area contributed by atoms with Crippen molar-refractivity contribution in [3.05, 3.63) is 29.2 Å². The van der Waals surface area contributed by atoms with Crippen LogP contribution in [0.5, 0.6) is 0 Å². The van der Waals surface area contributed by atoms with Crippen LogP contribution in [-0.4, -0.2) is 35.4 Å². The minimum absolute atomic E-state index is 0.374. The van der Waals surface area contributed by atoms with Crippen LogP contribution in [0.1, 0.15) is 68.8 Å². The van der Waals surface area contributed by atoms with Gasteiger partial charge < -0.3 is 0 Å². The number of nitrogens with zero attached hydrogens (tertiary/aromatic N) is 6. The van der Waals surface area contributed by atoms with E-state index in [1.807, 2.05) is 17.9 Å². The molecule has 0 radical (unpaired) electrons. The highest BCUT2D eigenvalue weighted by atomic mass is 15.5. The molecular weight excluding hydrogens is 338 g/mol. The first-order chi connectivity index (χ1) is 13.2. The lowest BCUT2D eigenvalue weighted by atomic mass is 9.86. The Morgan fingerprint density at radius 1 is 1.11 bits per heavy atom. The minimum Gasteiger partial charge on any atom is -0.268 e. The SMILES string of the molecule is CCC(CC)c1nc2c(c(-c3ccnn3C)c1-c1nn[nH]n1)CCCCC2. The van der Waals surface area contributed by atoms with E-state index in [2.05, 4.69) is 45.6 Å². The number of hydrogen-bond acceptors (Lipinski definition) is 5. The summed E-state index contributed by atoms with van der Waals surface area (Å²) >= 11 is 0. The van der Waals surface area contributed by atoms with Crippen molar-refractivity contribution in [3.63, 3.8) is 0 Å². The molecule has 0 atom stereocenters. The molecule has 0 aliphatic heterocycles. The zero-order valence-corrected chi connectivity index (χ0v) is 16.4. The molecule has 0 saturated heterocycles. The second-order valence-corrected chi connectivity index (χ2v) is 7.32. The van der Waals surface area contributed by atoms with E-state index in [1.165, 1.54) is 36.1 Å². The van der Waals surface area contributed by atoms with E-state index in [9.17, 15) is 0 Å². The fraction of sp³-hybridized carbons (Fsp3) is 0.550. The van der Waals surface area contributed by atoms with E-state index in [0.29, 0.717) is 11.7 Å². The van der Waals surface area contributed by atoms with Gasteiger partial charge in [-0.05, 0) is 55.4 Å². The average Bonchev–Trinajstić information content (AvgIpc) is 3.29. The first-order valence-electron chi connectivity index (χ1n) is 10.0. The van der Waals surface area contributed by atoms with Gasteiger partial charge in [0.25, 0.3) is 0 Å². The molecule has 142 valence electrons. The number of H-pyrrole nitrogens is 1. The van der Waals surface area contributed by atoms with Crippen molar-refractivity contribution in [2.75, 3.05) is 0 Å². The van der Waals surface area contributed by atoms with Gasteiger partial charge in [0.2, 0.25) is 5.82 Å². The first kappa shape index (κ1) is 17.8. The number of aryl methyl sites for hydroxylation is 2. The highest BCUT2D eigenvalue weighted by Gasteiger charge is 2.28. The Morgan fingerprint density at radius 3 is 2.59 bits per heavy atom. The molecule has 1 N–H and O–H groups in total. The van der Waals surface area contributed by atoms with Crippen LogP contribution in [0.15, 0.2) is 12.3 Å². The molecule has 0 unspecified atom stereocenters. The monoisotopic (exact) mass is 365 g/mol. The largest absolute Gasteiger partial charge is 0.268 e. The number of fused-ring (bicyclic) bond motifs is 1. The van der Waals surface area contributed by atoms with E-state index in [1.54, 1.807) is 0 Å². The molecule has 27 heavy (non-hydrogen) atoms. The normalized spacial score (nSPS) is 14.4. The highest BCUT2D eigenvalue weighted by molar-refractivity contribution is 5.84. The minimum atomic E-state index is 0.374. The summed E-state index contributed by atoms with van der Waals surface area (Å²) in [5.74, 6) is 1.01. The molecular formula is C20H27N7. The van der Waals surface area contributed by atoms with E-state index in [4.69, 9.17) is 4.98 Å². The molecule has 0 aromatic carbocycles. The van der Waals surface area contributed by atoms with Gasteiger partial charge in [0.1, 0.15) is 0 Å². The third kappa shape index (κ3) is 3.15. The molecule has 1 aliphatic rings. The Labute approximate surface area is 159 Å². The van der Waals surface area contributed by atoms with Gasteiger partial charge in [-0.1, -0.05) is 20.3 Å². The van der Waals surface area contributed by atoms with Gasteiger partial charge in [-0.25, -0.2) is 0 Å². The van der Waals surface area contributed by atoms with Crippen LogP contribution < -0.4 is 0 Å². The van der Waals surface area contributed by atoms with Crippen molar-refractivity contribution in [3.8, 4) is 22.6 Å². The van der Waals surface area contributed by atoms with Crippen molar-refractivity contribution < 1.29 is 0 Å². The molecule has 1 aliphatic carbocycles. The van der Waals surface area contributed by atoms with E-state index in [-0.39, 0.29) is 0 Å². The lowest BCUT2D eigenvalue weighted by Gasteiger charge is -2.23. The maximum atomic E-state index is 5.22. The zero-order valence-electron chi connectivity index (χ0n) is 16.4. The number of tetrazole rings is 1. The van der Waals surface area contributed by atoms with Gasteiger partial charge >= 0.3 is 0 Å². The number of nitrogens with one attached hydrogen (secondary N) is 1. The van der Waals surface area contributed by atoms with Gasteiger partial charge in [-0.3, -0.25) is 9.67 Å². The summed E-state index contributed by atoms with van der Waals surface area (Å²) in [5.41, 5.74) is 7.02. The lowest BCUT2D eigenvalue weighted by molar-refractivity contribution is 0.619. The lowest BCUT2D eigenvalue weighted by Crippen LogP contribution is -2.12. The molecule has 0 saturated carbocycles. The van der Waals surface area contributed by atoms with Crippen molar-refractivity contribution in [2.45, 2.75) is 64.7 Å². The Bertz CT molecular complexity index is 907. The van der Waals surface area contributed by atoms with Gasteiger partial charge in [0.05, 0.1) is 17.0 Å². The number of rotatable bonds is 5. The Kier molecular flexibility index (Phi) is 5.01. The molecule has 0 fully saturated rings. The van der Waals surface area contributed by atoms with E-state index in [0.717, 1.165) is 42.6 Å². The standard InChI is InChI=1S/C20H27N7/c1-4-13(5-2)19-18(20-23-25-26-24-20)17(16-11-12-21-27(16)3)14-9-7-6-8-10-15(14)22-19/h11-13H,4-10H2,1-3H3,(H,23,24,25,26). The Morgan fingerprint density at radius 2 is 1.93 bits per heavy atom. The van der Waals surface area contributed by atoms with Crippen molar-refractivity contribution in [1.82, 2.24) is 35.4 Å². The quantitative estimate of drug-likeness (QED) is 0.695. The molecule has 7 nitrogen and oxygen atoms in total. The smallest absolute Gasteiger partial charge is 0.207 e. The molecule has 3 aromatic heterocycles. The predicted molar refractivity (Wildman–Crippen MR) is 104 cm³/mol. The van der Waals surface area contributed by atoms with E-state index < -0.39 is 0 Å². The second-order valence-electron chi connectivity index (χ2n) is 7.32. The Hall–Kier alpha value is -2.57. The van der Waals surface area contributed by atoms with Crippen LogP contribution in [0.2, 0.25) is 0 Å². The fourth-order valence-corrected chi connectivity index (χ4v) is 4.31. The highest BCUT2D eigenvalue weighted by Crippen LogP contribution is 2.42. The topological polar surface area (TPSA) is 85.2 Å². The molecule has 3 heterocycles. The van der Waals surface area contributed by atoms with Crippen molar-refractivity contribution in [2.24, 2.45) is 7.05 Å². The van der Waals surface area contributed by atoms with Crippen LogP contribution in [0.4, 0.5) is 0 Å². The second kappa shape index (κ2) is 7.58.